The second-order valence-electron chi connectivity index (χ2n) is 17.3. The molecular formula is C46H76N6O8. The van der Waals surface area contributed by atoms with E-state index < -0.39 is 84.3 Å². The summed E-state index contributed by atoms with van der Waals surface area (Å²) in [6.45, 7) is 14.7. The van der Waals surface area contributed by atoms with Gasteiger partial charge in [0.15, 0.2) is 6.10 Å². The van der Waals surface area contributed by atoms with Crippen LogP contribution in [0.4, 0.5) is 0 Å². The fourth-order valence-electron chi connectivity index (χ4n) is 7.75. The zero-order valence-electron chi connectivity index (χ0n) is 38.4. The first-order chi connectivity index (χ1) is 28.4. The van der Waals surface area contributed by atoms with Crippen LogP contribution in [0.1, 0.15) is 132 Å². The molecule has 2 rings (SSSR count). The number of carbonyl (C=O) groups is 7. The largest absolute Gasteiger partial charge is 0.451 e. The second kappa shape index (κ2) is 26.0. The quantitative estimate of drug-likeness (QED) is 0.195. The lowest BCUT2D eigenvalue weighted by atomic mass is 9.91. The Morgan fingerprint density at radius 1 is 0.667 bits per heavy atom. The molecule has 0 saturated carbocycles. The summed E-state index contributed by atoms with van der Waals surface area (Å²) < 4.78 is 5.53. The predicted molar refractivity (Wildman–Crippen MR) is 233 cm³/mol. The predicted octanol–water partition coefficient (Wildman–Crippen LogP) is 5.02. The molecule has 1 saturated heterocycles. The minimum Gasteiger partial charge on any atom is -0.451 e. The topological polar surface area (TPSA) is 175 Å². The van der Waals surface area contributed by atoms with E-state index >= 15 is 0 Å². The third kappa shape index (κ3) is 16.2. The van der Waals surface area contributed by atoms with E-state index in [9.17, 15) is 33.6 Å². The molecule has 338 valence electrons. The smallest absolute Gasteiger partial charge is 0.326 e. The van der Waals surface area contributed by atoms with Gasteiger partial charge in [0.2, 0.25) is 29.5 Å². The van der Waals surface area contributed by atoms with Crippen LogP contribution >= 0.6 is 0 Å². The van der Waals surface area contributed by atoms with E-state index in [-0.39, 0.29) is 43.4 Å². The molecular weight excluding hydrogens is 765 g/mol. The number of amides is 6. The summed E-state index contributed by atoms with van der Waals surface area (Å²) in [7, 11) is 4.48. The van der Waals surface area contributed by atoms with Gasteiger partial charge in [-0.05, 0) is 55.9 Å². The van der Waals surface area contributed by atoms with Crippen molar-refractivity contribution in [1.29, 1.82) is 0 Å². The van der Waals surface area contributed by atoms with E-state index in [1.54, 1.807) is 6.92 Å². The molecule has 8 atom stereocenters. The maximum Gasteiger partial charge on any atom is 0.326 e. The van der Waals surface area contributed by atoms with Crippen LogP contribution < -0.4 is 16.0 Å². The van der Waals surface area contributed by atoms with Crippen molar-refractivity contribution in [3.05, 3.63) is 35.9 Å². The van der Waals surface area contributed by atoms with E-state index in [4.69, 9.17) is 4.74 Å². The molecule has 14 heteroatoms. The lowest BCUT2D eigenvalue weighted by molar-refractivity contribution is -0.158. The van der Waals surface area contributed by atoms with E-state index in [1.807, 2.05) is 58.0 Å². The highest BCUT2D eigenvalue weighted by Crippen LogP contribution is 2.22. The van der Waals surface area contributed by atoms with E-state index in [1.165, 1.54) is 42.8 Å². The summed E-state index contributed by atoms with van der Waals surface area (Å²) in [4.78, 5) is 103. The number of cyclic esters (lactones) is 1. The van der Waals surface area contributed by atoms with Crippen molar-refractivity contribution in [2.75, 3.05) is 27.7 Å². The van der Waals surface area contributed by atoms with Crippen molar-refractivity contribution < 1.29 is 38.3 Å². The maximum absolute atomic E-state index is 14.5. The monoisotopic (exact) mass is 841 g/mol. The number of carbonyl (C=O) groups excluding carboxylic acids is 7. The molecule has 1 fully saturated rings. The SMILES string of the molecule is CCCC[C@@H](C)C[C@@H]1NC(=O)[C@@H](C)OC(=O)CN(C)C(=O)[C@H](C[C@H](CC)CCCC)NC(=O)[C@H](Cc2ccccc2)N(C)C(=O)[C@H](CC)NC(=O)[C@H](CC(C)C)N(C)C1=O. The zero-order chi connectivity index (χ0) is 45.1. The number of ether oxygens (including phenoxy) is 1. The van der Waals surface area contributed by atoms with Crippen LogP contribution in [0.15, 0.2) is 30.3 Å². The fourth-order valence-corrected chi connectivity index (χ4v) is 7.75. The Kier molecular flexibility index (Phi) is 22.4. The highest BCUT2D eigenvalue weighted by atomic mass is 16.5. The average Bonchev–Trinajstić information content (AvgIpc) is 3.22. The van der Waals surface area contributed by atoms with Gasteiger partial charge in [0, 0.05) is 27.6 Å². The van der Waals surface area contributed by atoms with Gasteiger partial charge in [0.25, 0.3) is 5.91 Å². The summed E-state index contributed by atoms with van der Waals surface area (Å²) >= 11 is 0. The molecule has 3 N–H and O–H groups in total. The van der Waals surface area contributed by atoms with Crippen LogP contribution in [0.2, 0.25) is 0 Å². The van der Waals surface area contributed by atoms with Gasteiger partial charge < -0.3 is 35.4 Å². The Bertz CT molecular complexity index is 1560. The van der Waals surface area contributed by atoms with Crippen molar-refractivity contribution in [3.8, 4) is 0 Å². The Morgan fingerprint density at radius 3 is 1.78 bits per heavy atom. The summed E-state index contributed by atoms with van der Waals surface area (Å²) in [5, 5.41) is 8.66. The Balaban J connectivity index is 2.74. The van der Waals surface area contributed by atoms with Crippen LogP contribution in [0.5, 0.6) is 0 Å². The molecule has 0 aromatic heterocycles. The van der Waals surface area contributed by atoms with E-state index in [2.05, 4.69) is 29.8 Å². The molecule has 1 heterocycles. The third-order valence-electron chi connectivity index (χ3n) is 11.7. The van der Waals surface area contributed by atoms with Gasteiger partial charge >= 0.3 is 5.97 Å². The highest BCUT2D eigenvalue weighted by Gasteiger charge is 2.39. The van der Waals surface area contributed by atoms with Crippen LogP contribution in [0.25, 0.3) is 0 Å². The zero-order valence-corrected chi connectivity index (χ0v) is 38.4. The lowest BCUT2D eigenvalue weighted by Gasteiger charge is -2.35. The minimum atomic E-state index is -1.31. The Labute approximate surface area is 359 Å². The first-order valence-electron chi connectivity index (χ1n) is 22.3. The summed E-state index contributed by atoms with van der Waals surface area (Å²) in [5.74, 6) is -4.06. The number of nitrogens with one attached hydrogen (secondary N) is 3. The number of likely N-dealkylation sites (N-methyl/N-ethyl adjacent to an activating group) is 3. The van der Waals surface area contributed by atoms with Gasteiger partial charge in [-0.2, -0.15) is 0 Å². The van der Waals surface area contributed by atoms with Gasteiger partial charge in [-0.1, -0.05) is 124 Å². The van der Waals surface area contributed by atoms with E-state index in [0.29, 0.717) is 6.42 Å². The van der Waals surface area contributed by atoms with Crippen molar-refractivity contribution >= 4 is 41.4 Å². The highest BCUT2D eigenvalue weighted by molar-refractivity contribution is 5.97. The van der Waals surface area contributed by atoms with Crippen molar-refractivity contribution in [1.82, 2.24) is 30.7 Å². The third-order valence-corrected chi connectivity index (χ3v) is 11.7. The molecule has 60 heavy (non-hydrogen) atoms. The average molecular weight is 841 g/mol. The summed E-state index contributed by atoms with van der Waals surface area (Å²) in [6, 6.07) is 4.04. The number of hydrogen-bond donors (Lipinski definition) is 3. The number of unbranched alkanes of at least 4 members (excludes halogenated alkanes) is 2. The van der Waals surface area contributed by atoms with Crippen molar-refractivity contribution in [3.63, 3.8) is 0 Å². The first kappa shape index (κ1) is 51.7. The van der Waals surface area contributed by atoms with Crippen LogP contribution in [-0.2, 0) is 44.7 Å². The molecule has 1 aromatic rings. The molecule has 1 aliphatic heterocycles. The van der Waals surface area contributed by atoms with E-state index in [0.717, 1.165) is 50.5 Å². The Morgan fingerprint density at radius 2 is 1.20 bits per heavy atom. The van der Waals surface area contributed by atoms with Crippen LogP contribution in [-0.4, -0.2) is 120 Å². The lowest BCUT2D eigenvalue weighted by Crippen LogP contribution is -2.60. The fraction of sp³-hybridized carbons (Fsp3) is 0.717. The van der Waals surface area contributed by atoms with Gasteiger partial charge in [-0.3, -0.25) is 33.6 Å². The van der Waals surface area contributed by atoms with Gasteiger partial charge in [0.1, 0.15) is 36.8 Å². The van der Waals surface area contributed by atoms with Gasteiger partial charge in [0.05, 0.1) is 0 Å². The normalized spacial score (nSPS) is 24.7. The standard InChI is InChI=1S/C46H76N6O8/c1-12-16-21-31(7)26-36-46(59)51(10)38(25-30(5)6)42(55)47-35(15-4)45(58)52(11)39(28-34-23-19-18-20-24-34)43(56)49-37(27-33(14-3)22-17-13-2)44(57)50(9)29-40(53)60-32(8)41(54)48-36/h18-20,23-24,30-33,35-39H,12-17,21-22,25-29H2,1-11H3,(H,47,55)(H,48,54)(H,49,56)/t31-,32-,33-,35+,36+,37+,38+,39+/m1/s1. The van der Waals surface area contributed by atoms with Gasteiger partial charge in [-0.15, -0.1) is 0 Å². The molecule has 1 aromatic carbocycles. The number of hydrogen-bond acceptors (Lipinski definition) is 8. The second-order valence-corrected chi connectivity index (χ2v) is 17.3. The summed E-state index contributed by atoms with van der Waals surface area (Å²) in [6.07, 6.45) is 6.06. The first-order valence-corrected chi connectivity index (χ1v) is 22.3. The van der Waals surface area contributed by atoms with Crippen LogP contribution in [0.3, 0.4) is 0 Å². The molecule has 1 aliphatic rings. The molecule has 0 radical (unpaired) electrons. The number of benzene rings is 1. The molecule has 0 spiro atoms. The number of nitrogens with zero attached hydrogens (tertiary/aromatic N) is 3. The minimum absolute atomic E-state index is 0.0260. The van der Waals surface area contributed by atoms with Crippen LogP contribution in [0, 0.1) is 17.8 Å². The number of esters is 1. The number of rotatable bonds is 16. The van der Waals surface area contributed by atoms with Gasteiger partial charge in [-0.25, -0.2) is 0 Å². The van der Waals surface area contributed by atoms with Crippen molar-refractivity contribution in [2.24, 2.45) is 17.8 Å². The molecule has 14 nitrogen and oxygen atoms in total. The maximum atomic E-state index is 14.5. The molecule has 0 unspecified atom stereocenters. The molecule has 6 amide bonds. The Hall–Kier alpha value is -4.49. The molecule has 0 bridgehead atoms. The molecule has 0 aliphatic carbocycles. The summed E-state index contributed by atoms with van der Waals surface area (Å²) in [5.41, 5.74) is 0.782. The van der Waals surface area contributed by atoms with Crippen molar-refractivity contribution in [2.45, 2.75) is 169 Å².